The Bertz CT molecular complexity index is 683. The van der Waals surface area contributed by atoms with E-state index in [2.05, 4.69) is 65.6 Å². The van der Waals surface area contributed by atoms with E-state index < -0.39 is 0 Å². The summed E-state index contributed by atoms with van der Waals surface area (Å²) in [5.74, 6) is 0. The summed E-state index contributed by atoms with van der Waals surface area (Å²) in [4.78, 5) is 2.66. The minimum Gasteiger partial charge on any atom is -0.376 e. The molecule has 1 aliphatic carbocycles. The quantitative estimate of drug-likeness (QED) is 0.468. The summed E-state index contributed by atoms with van der Waals surface area (Å²) in [6.07, 6.45) is 8.37. The smallest absolute Gasteiger partial charge is 0.157 e. The monoisotopic (exact) mass is 423 g/mol. The Morgan fingerprint density at radius 3 is 1.90 bits per heavy atom. The third kappa shape index (κ3) is 7.43. The fourth-order valence-electron chi connectivity index (χ4n) is 4.76. The molecule has 0 bridgehead atoms. The van der Waals surface area contributed by atoms with E-state index in [0.717, 1.165) is 45.4 Å². The van der Waals surface area contributed by atoms with Crippen LogP contribution in [0.4, 0.5) is 0 Å². The molecular weight excluding hydrogens is 386 g/mol. The van der Waals surface area contributed by atoms with Crippen LogP contribution in [-0.4, -0.2) is 43.2 Å². The molecule has 4 rings (SSSR count). The average Bonchev–Trinajstić information content (AvgIpc) is 2.84. The van der Waals surface area contributed by atoms with Crippen LogP contribution >= 0.6 is 0 Å². The molecule has 2 aromatic carbocycles. The fourth-order valence-corrected chi connectivity index (χ4v) is 4.76. The van der Waals surface area contributed by atoms with Crippen molar-refractivity contribution in [2.24, 2.45) is 0 Å². The number of hydrogen-bond acceptors (Lipinski definition) is 4. The van der Waals surface area contributed by atoms with Crippen molar-refractivity contribution in [3.8, 4) is 0 Å². The predicted octanol–water partition coefficient (Wildman–Crippen LogP) is 5.56. The zero-order chi connectivity index (χ0) is 21.1. The first-order valence-electron chi connectivity index (χ1n) is 12.0. The van der Waals surface area contributed by atoms with Gasteiger partial charge in [0.15, 0.2) is 6.29 Å². The van der Waals surface area contributed by atoms with Crippen LogP contribution in [0.5, 0.6) is 0 Å². The van der Waals surface area contributed by atoms with Gasteiger partial charge in [0.1, 0.15) is 0 Å². The molecule has 31 heavy (non-hydrogen) atoms. The van der Waals surface area contributed by atoms with Gasteiger partial charge in [-0.25, -0.2) is 0 Å². The van der Waals surface area contributed by atoms with Gasteiger partial charge in [0, 0.05) is 25.7 Å². The molecule has 1 aliphatic heterocycles. The number of ether oxygens (including phenoxy) is 3. The van der Waals surface area contributed by atoms with E-state index in [1.165, 1.54) is 30.4 Å². The van der Waals surface area contributed by atoms with E-state index in [9.17, 15) is 0 Å². The van der Waals surface area contributed by atoms with Crippen LogP contribution < -0.4 is 0 Å². The summed E-state index contributed by atoms with van der Waals surface area (Å²) in [7, 11) is 0. The first-order valence-corrected chi connectivity index (χ1v) is 12.0. The molecule has 1 saturated carbocycles. The molecule has 4 heteroatoms. The molecular formula is C27H37NO3. The van der Waals surface area contributed by atoms with Crippen molar-refractivity contribution in [2.45, 2.75) is 76.5 Å². The third-order valence-electron chi connectivity index (χ3n) is 6.50. The van der Waals surface area contributed by atoms with Gasteiger partial charge in [-0.05, 0) is 56.1 Å². The highest BCUT2D eigenvalue weighted by atomic mass is 16.7. The minimum absolute atomic E-state index is 0.0161. The predicted molar refractivity (Wildman–Crippen MR) is 124 cm³/mol. The van der Waals surface area contributed by atoms with E-state index in [-0.39, 0.29) is 6.29 Å². The van der Waals surface area contributed by atoms with Gasteiger partial charge < -0.3 is 14.2 Å². The molecule has 0 aromatic heterocycles. The van der Waals surface area contributed by atoms with Crippen LogP contribution in [0.2, 0.25) is 0 Å². The molecule has 0 amide bonds. The highest BCUT2D eigenvalue weighted by Crippen LogP contribution is 2.28. The van der Waals surface area contributed by atoms with Gasteiger partial charge in [-0.3, -0.25) is 4.90 Å². The van der Waals surface area contributed by atoms with E-state index in [0.29, 0.717) is 25.4 Å². The Kier molecular flexibility index (Phi) is 8.95. The first-order chi connectivity index (χ1) is 15.4. The van der Waals surface area contributed by atoms with E-state index in [1.807, 2.05) is 0 Å². The van der Waals surface area contributed by atoms with Crippen LogP contribution in [0.1, 0.15) is 56.1 Å². The summed E-state index contributed by atoms with van der Waals surface area (Å²) in [6.45, 7) is 4.14. The van der Waals surface area contributed by atoms with Gasteiger partial charge in [-0.15, -0.1) is 0 Å². The Labute approximate surface area is 187 Å². The van der Waals surface area contributed by atoms with Gasteiger partial charge in [-0.2, -0.15) is 0 Å². The normalized spacial score (nSPS) is 24.4. The maximum atomic E-state index is 6.14. The average molecular weight is 424 g/mol. The lowest BCUT2D eigenvalue weighted by molar-refractivity contribution is -0.172. The second-order valence-corrected chi connectivity index (χ2v) is 8.84. The third-order valence-corrected chi connectivity index (χ3v) is 6.50. The number of benzene rings is 2. The van der Waals surface area contributed by atoms with Gasteiger partial charge in [0.25, 0.3) is 0 Å². The van der Waals surface area contributed by atoms with Crippen molar-refractivity contribution in [3.05, 3.63) is 71.8 Å². The highest BCUT2D eigenvalue weighted by molar-refractivity contribution is 5.17. The molecule has 0 spiro atoms. The Hall–Kier alpha value is -1.72. The van der Waals surface area contributed by atoms with Crippen molar-refractivity contribution >= 4 is 0 Å². The molecule has 0 radical (unpaired) electrons. The van der Waals surface area contributed by atoms with Crippen LogP contribution in [0.25, 0.3) is 0 Å². The minimum atomic E-state index is -0.0161. The summed E-state index contributed by atoms with van der Waals surface area (Å²) in [5, 5.41) is 0. The lowest BCUT2D eigenvalue weighted by Gasteiger charge is -2.37. The topological polar surface area (TPSA) is 30.9 Å². The number of rotatable bonds is 10. The first kappa shape index (κ1) is 22.5. The van der Waals surface area contributed by atoms with Crippen molar-refractivity contribution in [3.63, 3.8) is 0 Å². The van der Waals surface area contributed by atoms with Gasteiger partial charge in [-0.1, -0.05) is 60.7 Å². The van der Waals surface area contributed by atoms with Gasteiger partial charge >= 0.3 is 0 Å². The van der Waals surface area contributed by atoms with Crippen LogP contribution in [0.15, 0.2) is 60.7 Å². The van der Waals surface area contributed by atoms with Crippen LogP contribution in [0.3, 0.4) is 0 Å². The summed E-state index contributed by atoms with van der Waals surface area (Å²) < 4.78 is 17.6. The maximum Gasteiger partial charge on any atom is 0.157 e. The highest BCUT2D eigenvalue weighted by Gasteiger charge is 2.26. The van der Waals surface area contributed by atoms with Crippen molar-refractivity contribution in [2.75, 3.05) is 19.8 Å². The molecule has 168 valence electrons. The second kappa shape index (κ2) is 12.4. The van der Waals surface area contributed by atoms with Gasteiger partial charge in [0.2, 0.25) is 0 Å². The van der Waals surface area contributed by atoms with Crippen molar-refractivity contribution in [1.29, 1.82) is 0 Å². The lowest BCUT2D eigenvalue weighted by atomic mass is 9.91. The van der Waals surface area contributed by atoms with E-state index >= 15 is 0 Å². The zero-order valence-electron chi connectivity index (χ0n) is 18.7. The summed E-state index contributed by atoms with van der Waals surface area (Å²) >= 11 is 0. The molecule has 0 N–H and O–H groups in total. The molecule has 1 atom stereocenters. The Morgan fingerprint density at radius 1 is 0.710 bits per heavy atom. The largest absolute Gasteiger partial charge is 0.376 e. The van der Waals surface area contributed by atoms with Crippen LogP contribution in [-0.2, 0) is 27.3 Å². The summed E-state index contributed by atoms with van der Waals surface area (Å²) in [5.41, 5.74) is 2.78. The fraction of sp³-hybridized carbons (Fsp3) is 0.556. The summed E-state index contributed by atoms with van der Waals surface area (Å²) in [6, 6.07) is 22.3. The van der Waals surface area contributed by atoms with E-state index in [4.69, 9.17) is 14.2 Å². The maximum absolute atomic E-state index is 6.14. The molecule has 4 nitrogen and oxygen atoms in total. The zero-order valence-corrected chi connectivity index (χ0v) is 18.7. The van der Waals surface area contributed by atoms with Gasteiger partial charge in [0.05, 0.1) is 19.3 Å². The molecule has 1 heterocycles. The Morgan fingerprint density at radius 2 is 1.32 bits per heavy atom. The van der Waals surface area contributed by atoms with Crippen molar-refractivity contribution < 1.29 is 14.2 Å². The number of hydrogen-bond donors (Lipinski definition) is 0. The SMILES string of the molecule is c1ccc(CN(Cc2ccccc2)[C@H]2CC[C@H](OCCOC3CCCCO3)CC2)cc1. The lowest BCUT2D eigenvalue weighted by Crippen LogP contribution is -2.39. The molecule has 1 unspecified atom stereocenters. The van der Waals surface area contributed by atoms with Crippen LogP contribution in [0, 0.1) is 0 Å². The standard InChI is InChI=1S/C27H37NO3/c1-3-9-23(10-4-1)21-28(22-24-11-5-2-6-12-24)25-14-16-26(17-15-25)29-19-20-31-27-13-7-8-18-30-27/h1-6,9-12,25-27H,7-8,13-22H2/t25-,26-,27?. The molecule has 2 fully saturated rings. The van der Waals surface area contributed by atoms with Crippen molar-refractivity contribution in [1.82, 2.24) is 4.90 Å². The Balaban J connectivity index is 1.23. The molecule has 2 aliphatic rings. The van der Waals surface area contributed by atoms with E-state index in [1.54, 1.807) is 0 Å². The molecule has 1 saturated heterocycles. The second-order valence-electron chi connectivity index (χ2n) is 8.84. The molecule has 2 aromatic rings. The number of nitrogens with zero attached hydrogens (tertiary/aromatic N) is 1.